The second kappa shape index (κ2) is 16.5. The maximum atomic E-state index is 2.63. The first-order chi connectivity index (χ1) is 33.2. The highest BCUT2D eigenvalue weighted by Crippen LogP contribution is 2.46. The van der Waals surface area contributed by atoms with Gasteiger partial charge in [-0.15, -0.1) is 11.3 Å². The Morgan fingerprint density at radius 2 is 1.09 bits per heavy atom. The second-order valence-electron chi connectivity index (χ2n) is 18.0. The maximum absolute atomic E-state index is 2.63. The first-order valence-electron chi connectivity index (χ1n) is 23.4. The number of allylic oxidation sites excluding steroid dienone is 6. The van der Waals surface area contributed by atoms with Crippen molar-refractivity contribution in [2.75, 3.05) is 9.80 Å². The molecule has 67 heavy (non-hydrogen) atoms. The molecule has 2 atom stereocenters. The van der Waals surface area contributed by atoms with E-state index < -0.39 is 0 Å². The van der Waals surface area contributed by atoms with E-state index in [1.165, 1.54) is 98.5 Å². The highest BCUT2D eigenvalue weighted by Gasteiger charge is 2.32. The van der Waals surface area contributed by atoms with Crippen molar-refractivity contribution >= 4 is 83.6 Å². The van der Waals surface area contributed by atoms with Crippen LogP contribution in [0.1, 0.15) is 40.7 Å². The lowest BCUT2D eigenvalue weighted by Crippen LogP contribution is -2.38. The molecule has 0 fully saturated rings. The molecule has 0 amide bonds. The number of benzene rings is 8. The van der Waals surface area contributed by atoms with Gasteiger partial charge in [-0.05, 0) is 141 Å². The molecule has 0 saturated heterocycles. The maximum Gasteiger partial charge on any atom is 0.0620 e. The summed E-state index contributed by atoms with van der Waals surface area (Å²) in [6, 6.07) is 69.3. The van der Waals surface area contributed by atoms with Gasteiger partial charge in [0.1, 0.15) is 0 Å². The number of anilines is 4. The summed E-state index contributed by atoms with van der Waals surface area (Å²) in [5, 5.41) is 2.64. The van der Waals surface area contributed by atoms with Crippen molar-refractivity contribution in [3.05, 3.63) is 258 Å². The van der Waals surface area contributed by atoms with E-state index in [0.29, 0.717) is 0 Å². The molecule has 8 aromatic carbocycles. The third kappa shape index (κ3) is 7.11. The van der Waals surface area contributed by atoms with Gasteiger partial charge in [-0.2, -0.15) is 0 Å². The minimum absolute atomic E-state index is 0.138. The number of rotatable bonds is 6. The van der Waals surface area contributed by atoms with E-state index in [-0.39, 0.29) is 12.0 Å². The number of thiophene rings is 1. The Bertz CT molecular complexity index is 3600. The fourth-order valence-corrected chi connectivity index (χ4v) is 11.8. The van der Waals surface area contributed by atoms with E-state index in [1.54, 1.807) is 0 Å². The zero-order valence-corrected chi connectivity index (χ0v) is 37.8. The van der Waals surface area contributed by atoms with Crippen LogP contribution in [-0.2, 0) is 0 Å². The van der Waals surface area contributed by atoms with Crippen molar-refractivity contribution in [1.82, 2.24) is 0 Å². The van der Waals surface area contributed by atoms with Crippen LogP contribution in [0.25, 0.3) is 71.8 Å². The van der Waals surface area contributed by atoms with Crippen molar-refractivity contribution in [2.45, 2.75) is 18.9 Å². The molecule has 3 heteroatoms. The Morgan fingerprint density at radius 1 is 0.418 bits per heavy atom. The second-order valence-corrected chi connectivity index (χ2v) is 19.1. The monoisotopic (exact) mass is 874 g/mol. The summed E-state index contributed by atoms with van der Waals surface area (Å²) in [5.74, 6) is 0.164. The van der Waals surface area contributed by atoms with Gasteiger partial charge in [0.2, 0.25) is 0 Å². The van der Waals surface area contributed by atoms with E-state index in [0.717, 1.165) is 24.2 Å². The molecule has 2 unspecified atom stereocenters. The lowest BCUT2D eigenvalue weighted by atomic mass is 9.86. The molecular formula is C64H46N2S. The Labute approximate surface area is 396 Å². The highest BCUT2D eigenvalue weighted by atomic mass is 32.1. The molecule has 4 aliphatic rings. The topological polar surface area (TPSA) is 6.48 Å². The number of fused-ring (bicyclic) bond motifs is 7. The van der Waals surface area contributed by atoms with E-state index in [9.17, 15) is 0 Å². The highest BCUT2D eigenvalue weighted by molar-refractivity contribution is 7.25. The van der Waals surface area contributed by atoms with Crippen LogP contribution in [0.4, 0.5) is 22.7 Å². The van der Waals surface area contributed by atoms with E-state index >= 15 is 0 Å². The van der Waals surface area contributed by atoms with Gasteiger partial charge >= 0.3 is 0 Å². The van der Waals surface area contributed by atoms with Crippen LogP contribution < -0.4 is 9.80 Å². The van der Waals surface area contributed by atoms with Gasteiger partial charge in [-0.25, -0.2) is 0 Å². The van der Waals surface area contributed by atoms with Gasteiger partial charge in [0.15, 0.2) is 0 Å². The first-order valence-corrected chi connectivity index (χ1v) is 24.3. The van der Waals surface area contributed by atoms with Crippen LogP contribution in [0.3, 0.4) is 0 Å². The van der Waals surface area contributed by atoms with Crippen molar-refractivity contribution in [1.29, 1.82) is 0 Å². The predicted molar refractivity (Wildman–Crippen MR) is 288 cm³/mol. The molecule has 13 rings (SSSR count). The first kappa shape index (κ1) is 39.4. The number of hydrogen-bond acceptors (Lipinski definition) is 3. The number of nitrogens with zero attached hydrogens (tertiary/aromatic N) is 2. The van der Waals surface area contributed by atoms with Crippen molar-refractivity contribution in [2.24, 2.45) is 5.92 Å². The van der Waals surface area contributed by atoms with Gasteiger partial charge in [-0.3, -0.25) is 0 Å². The fraction of sp³-hybridized carbons (Fsp3) is 0.0625. The summed E-state index contributed by atoms with van der Waals surface area (Å²) >= 11 is 1.87. The third-order valence-electron chi connectivity index (χ3n) is 14.0. The van der Waals surface area contributed by atoms with Gasteiger partial charge < -0.3 is 9.80 Å². The standard InChI is InChI=1S/C64H46N2S/c1-3-12-43(13-4-1)45-26-32-55(33-27-45)65-60-34-28-48(44-14-5-2-6-15-44)38-53(60)24-25-54-40-49(29-35-61(54)65)50-30-36-62-52(39-50)23-22-46-16-7-9-20-59(46)66(62)56-18-11-17-47(41-56)51-31-37-64-58(42-51)57-19-8-10-21-63(57)67-64/h1-26,28-32,34-42,54,61H,27,33H2. The summed E-state index contributed by atoms with van der Waals surface area (Å²) in [6.45, 7) is 0. The molecule has 0 radical (unpaired) electrons. The lowest BCUT2D eigenvalue weighted by Gasteiger charge is -2.39. The molecule has 1 aromatic heterocycles. The molecule has 9 aromatic rings. The third-order valence-corrected chi connectivity index (χ3v) is 15.2. The van der Waals surface area contributed by atoms with Crippen LogP contribution in [0, 0.1) is 5.92 Å². The van der Waals surface area contributed by atoms with E-state index in [1.807, 2.05) is 11.3 Å². The molecular weight excluding hydrogens is 829 g/mol. The number of hydrogen-bond donors (Lipinski definition) is 0. The molecule has 0 bridgehead atoms. The predicted octanol–water partition coefficient (Wildman–Crippen LogP) is 17.6. The van der Waals surface area contributed by atoms with Crippen molar-refractivity contribution < 1.29 is 0 Å². The Kier molecular flexibility index (Phi) is 9.68. The minimum Gasteiger partial charge on any atom is -0.337 e. The molecule has 0 saturated carbocycles. The average Bonchev–Trinajstić information content (AvgIpc) is 3.58. The Morgan fingerprint density at radius 3 is 1.97 bits per heavy atom. The summed E-state index contributed by atoms with van der Waals surface area (Å²) in [6.07, 6.45) is 23.4. The van der Waals surface area contributed by atoms with Gasteiger partial charge in [0.05, 0.1) is 17.4 Å². The normalized spacial score (nSPS) is 17.2. The van der Waals surface area contributed by atoms with Crippen molar-refractivity contribution in [3.8, 4) is 22.3 Å². The zero-order chi connectivity index (χ0) is 44.3. The van der Waals surface area contributed by atoms with E-state index in [4.69, 9.17) is 0 Å². The molecule has 2 aliphatic carbocycles. The molecule has 318 valence electrons. The average molecular weight is 875 g/mol. The SMILES string of the molecule is C1=CC2C(C=Cc3cc(-c4ccccc4)ccc3N2C2=CC=C(c3ccccc3)CC2)C=C1c1ccc2c(c1)C=Cc1ccccc1N2c1cccc(-c2ccc3sc4ccccc4c3c2)c1. The summed E-state index contributed by atoms with van der Waals surface area (Å²) in [5.41, 5.74) is 19.8. The number of para-hydroxylation sites is 1. The summed E-state index contributed by atoms with van der Waals surface area (Å²) < 4.78 is 2.65. The smallest absolute Gasteiger partial charge is 0.0620 e. The zero-order valence-electron chi connectivity index (χ0n) is 37.0. The summed E-state index contributed by atoms with van der Waals surface area (Å²) in [4.78, 5) is 5.07. The molecule has 0 spiro atoms. The summed E-state index contributed by atoms with van der Waals surface area (Å²) in [7, 11) is 0. The van der Waals surface area contributed by atoms with Crippen LogP contribution in [-0.4, -0.2) is 6.04 Å². The minimum atomic E-state index is 0.138. The Balaban J connectivity index is 0.868. The van der Waals surface area contributed by atoms with E-state index in [2.05, 4.69) is 253 Å². The molecule has 2 aliphatic heterocycles. The van der Waals surface area contributed by atoms with Gasteiger partial charge in [0, 0.05) is 43.2 Å². The fourth-order valence-electron chi connectivity index (χ4n) is 10.7. The van der Waals surface area contributed by atoms with Crippen LogP contribution in [0.5, 0.6) is 0 Å². The van der Waals surface area contributed by atoms with Crippen LogP contribution in [0.2, 0.25) is 0 Å². The quantitative estimate of drug-likeness (QED) is 0.164. The van der Waals surface area contributed by atoms with Crippen LogP contribution >= 0.6 is 11.3 Å². The van der Waals surface area contributed by atoms with Crippen molar-refractivity contribution in [3.63, 3.8) is 0 Å². The lowest BCUT2D eigenvalue weighted by molar-refractivity contribution is 0.637. The van der Waals surface area contributed by atoms with Gasteiger partial charge in [-0.1, -0.05) is 176 Å². The van der Waals surface area contributed by atoms with Crippen LogP contribution in [0.15, 0.2) is 230 Å². The molecule has 3 heterocycles. The Hall–Kier alpha value is -7.98. The molecule has 2 nitrogen and oxygen atoms in total. The largest absolute Gasteiger partial charge is 0.337 e. The van der Waals surface area contributed by atoms with Gasteiger partial charge in [0.25, 0.3) is 0 Å². The molecule has 0 N–H and O–H groups in total.